The zero-order valence-corrected chi connectivity index (χ0v) is 14.6. The fraction of sp³-hybridized carbons (Fsp3) is 0.556. The maximum absolute atomic E-state index is 13.9. The molecule has 0 radical (unpaired) electrons. The lowest BCUT2D eigenvalue weighted by atomic mass is 10.1. The van der Waals surface area contributed by atoms with Gasteiger partial charge in [0.1, 0.15) is 0 Å². The van der Waals surface area contributed by atoms with Crippen LogP contribution in [0.5, 0.6) is 5.75 Å². The van der Waals surface area contributed by atoms with Crippen LogP contribution in [0.1, 0.15) is 44.1 Å². The molecule has 0 aromatic heterocycles. The molecule has 0 unspecified atom stereocenters. The number of rotatable bonds is 10. The van der Waals surface area contributed by atoms with Crippen molar-refractivity contribution in [2.45, 2.75) is 44.1 Å². The van der Waals surface area contributed by atoms with Crippen LogP contribution in [0.25, 0.3) is 0 Å². The molecule has 3 rings (SSSR count). The van der Waals surface area contributed by atoms with Gasteiger partial charge in [-0.15, -0.1) is 6.58 Å². The molecule has 2 aliphatic rings. The van der Waals surface area contributed by atoms with Crippen LogP contribution in [-0.2, 0) is 15.6 Å². The van der Waals surface area contributed by atoms with Gasteiger partial charge in [-0.3, -0.25) is 0 Å². The molecule has 0 amide bonds. The van der Waals surface area contributed by atoms with Crippen LogP contribution in [0.4, 0.5) is 4.39 Å². The summed E-state index contributed by atoms with van der Waals surface area (Å²) < 4.78 is 46.8. The van der Waals surface area contributed by atoms with Crippen molar-refractivity contribution < 1.29 is 17.5 Å². The molecule has 1 N–H and O–H groups in total. The average molecular weight is 353 g/mol. The Kier molecular flexibility index (Phi) is 4.97. The number of benzene rings is 1. The third kappa shape index (κ3) is 4.36. The third-order valence-electron chi connectivity index (χ3n) is 4.58. The summed E-state index contributed by atoms with van der Waals surface area (Å²) in [6.07, 6.45) is 6.65. The van der Waals surface area contributed by atoms with E-state index < -0.39 is 21.4 Å². The van der Waals surface area contributed by atoms with Crippen LogP contribution in [0, 0.1) is 11.7 Å². The molecule has 0 spiro atoms. The molecular formula is C18H24FNO3S. The first-order chi connectivity index (χ1) is 11.4. The molecule has 0 atom stereocenters. The van der Waals surface area contributed by atoms with Crippen molar-refractivity contribution >= 4 is 10.0 Å². The lowest BCUT2D eigenvalue weighted by Gasteiger charge is -2.19. The highest BCUT2D eigenvalue weighted by molar-refractivity contribution is 7.89. The van der Waals surface area contributed by atoms with Gasteiger partial charge in [0.05, 0.1) is 17.9 Å². The Labute approximate surface area is 143 Å². The van der Waals surface area contributed by atoms with E-state index in [1.54, 1.807) is 18.2 Å². The van der Waals surface area contributed by atoms with Crippen molar-refractivity contribution in [3.05, 3.63) is 42.2 Å². The molecule has 0 bridgehead atoms. The maximum Gasteiger partial charge on any atom is 0.212 e. The van der Waals surface area contributed by atoms with Crippen molar-refractivity contribution in [3.63, 3.8) is 0 Å². The number of allylic oxidation sites excluding steroid dienone is 1. The van der Waals surface area contributed by atoms with Gasteiger partial charge in [-0.2, -0.15) is 0 Å². The Morgan fingerprint density at radius 1 is 1.38 bits per heavy atom. The molecule has 24 heavy (non-hydrogen) atoms. The highest BCUT2D eigenvalue weighted by Gasteiger charge is 2.47. The van der Waals surface area contributed by atoms with Gasteiger partial charge in [0.15, 0.2) is 11.6 Å². The minimum atomic E-state index is -3.37. The van der Waals surface area contributed by atoms with E-state index in [4.69, 9.17) is 4.74 Å². The van der Waals surface area contributed by atoms with Gasteiger partial charge >= 0.3 is 0 Å². The summed E-state index contributed by atoms with van der Waals surface area (Å²) in [5, 5.41) is 0. The number of ether oxygens (including phenoxy) is 1. The lowest BCUT2D eigenvalue weighted by molar-refractivity contribution is 0.284. The molecule has 2 saturated carbocycles. The summed E-state index contributed by atoms with van der Waals surface area (Å²) in [7, 11) is -3.37. The standard InChI is InChI=1S/C18H24FNO3S/c1-2-3-4-11-24(21,22)20-18(9-10-18)15-7-8-16(19)17(12-15)23-13-14-5-6-14/h2,7-8,12,14,20H,1,3-6,9-11,13H2. The molecule has 0 heterocycles. The summed E-state index contributed by atoms with van der Waals surface area (Å²) in [4.78, 5) is 0. The molecular weight excluding hydrogens is 329 g/mol. The largest absolute Gasteiger partial charge is 0.490 e. The van der Waals surface area contributed by atoms with Gasteiger partial charge in [-0.1, -0.05) is 12.1 Å². The average Bonchev–Trinajstić information content (AvgIpc) is 3.42. The molecule has 2 fully saturated rings. The number of hydrogen-bond acceptors (Lipinski definition) is 3. The highest BCUT2D eigenvalue weighted by Crippen LogP contribution is 2.47. The Morgan fingerprint density at radius 2 is 2.12 bits per heavy atom. The van der Waals surface area contributed by atoms with Gasteiger partial charge in [-0.05, 0) is 62.1 Å². The number of sulfonamides is 1. The molecule has 1 aromatic rings. The summed E-state index contributed by atoms with van der Waals surface area (Å²) in [6, 6.07) is 4.67. The molecule has 0 saturated heterocycles. The van der Waals surface area contributed by atoms with Crippen LogP contribution < -0.4 is 9.46 Å². The predicted molar refractivity (Wildman–Crippen MR) is 91.9 cm³/mol. The van der Waals surface area contributed by atoms with Gasteiger partial charge in [0, 0.05) is 0 Å². The summed E-state index contributed by atoms with van der Waals surface area (Å²) in [6.45, 7) is 4.13. The van der Waals surface area contributed by atoms with E-state index in [9.17, 15) is 12.8 Å². The van der Waals surface area contributed by atoms with E-state index in [2.05, 4.69) is 11.3 Å². The third-order valence-corrected chi connectivity index (χ3v) is 6.11. The van der Waals surface area contributed by atoms with Crippen molar-refractivity contribution in [1.82, 2.24) is 4.72 Å². The molecule has 4 nitrogen and oxygen atoms in total. The minimum absolute atomic E-state index is 0.0764. The summed E-state index contributed by atoms with van der Waals surface area (Å²) in [5.41, 5.74) is 0.181. The van der Waals surface area contributed by atoms with Crippen molar-refractivity contribution in [3.8, 4) is 5.75 Å². The Hall–Kier alpha value is -1.40. The normalized spacial score (nSPS) is 19.0. The first-order valence-corrected chi connectivity index (χ1v) is 10.1. The van der Waals surface area contributed by atoms with E-state index >= 15 is 0 Å². The minimum Gasteiger partial charge on any atom is -0.490 e. The van der Waals surface area contributed by atoms with Gasteiger partial charge in [-0.25, -0.2) is 17.5 Å². The topological polar surface area (TPSA) is 55.4 Å². The van der Waals surface area contributed by atoms with Crippen molar-refractivity contribution in [1.29, 1.82) is 0 Å². The van der Waals surface area contributed by atoms with Gasteiger partial charge in [0.2, 0.25) is 10.0 Å². The van der Waals surface area contributed by atoms with Gasteiger partial charge in [0.25, 0.3) is 0 Å². The van der Waals surface area contributed by atoms with Crippen LogP contribution in [0.3, 0.4) is 0 Å². The number of hydrogen-bond donors (Lipinski definition) is 1. The summed E-state index contributed by atoms with van der Waals surface area (Å²) >= 11 is 0. The van der Waals surface area contributed by atoms with Crippen LogP contribution >= 0.6 is 0 Å². The molecule has 1 aromatic carbocycles. The fourth-order valence-corrected chi connectivity index (χ4v) is 4.31. The van der Waals surface area contributed by atoms with E-state index in [0.717, 1.165) is 31.2 Å². The van der Waals surface area contributed by atoms with Gasteiger partial charge < -0.3 is 4.74 Å². The van der Waals surface area contributed by atoms with Crippen LogP contribution in [0.2, 0.25) is 0 Å². The summed E-state index contributed by atoms with van der Waals surface area (Å²) in [5.74, 6) is 0.430. The number of nitrogens with one attached hydrogen (secondary N) is 1. The molecule has 2 aliphatic carbocycles. The smallest absolute Gasteiger partial charge is 0.212 e. The van der Waals surface area contributed by atoms with Crippen LogP contribution in [0.15, 0.2) is 30.9 Å². The zero-order valence-electron chi connectivity index (χ0n) is 13.8. The lowest BCUT2D eigenvalue weighted by Crippen LogP contribution is -2.36. The Balaban J connectivity index is 1.70. The predicted octanol–water partition coefficient (Wildman–Crippen LogP) is 3.49. The highest BCUT2D eigenvalue weighted by atomic mass is 32.2. The maximum atomic E-state index is 13.9. The second-order valence-corrected chi connectivity index (χ2v) is 8.68. The monoisotopic (exact) mass is 353 g/mol. The van der Waals surface area contributed by atoms with Crippen molar-refractivity contribution in [2.24, 2.45) is 5.92 Å². The SMILES string of the molecule is C=CCCCS(=O)(=O)NC1(c2ccc(F)c(OCC3CC3)c2)CC1. The quantitative estimate of drug-likeness (QED) is 0.517. The molecule has 0 aliphatic heterocycles. The van der Waals surface area contributed by atoms with Crippen molar-refractivity contribution in [2.75, 3.05) is 12.4 Å². The number of halogens is 1. The molecule has 132 valence electrons. The first-order valence-electron chi connectivity index (χ1n) is 8.49. The van der Waals surface area contributed by atoms with E-state index in [0.29, 0.717) is 25.4 Å². The second-order valence-electron chi connectivity index (χ2n) is 6.83. The Morgan fingerprint density at radius 3 is 2.75 bits per heavy atom. The second kappa shape index (κ2) is 6.84. The zero-order chi connectivity index (χ0) is 17.2. The van der Waals surface area contributed by atoms with E-state index in [1.165, 1.54) is 6.07 Å². The fourth-order valence-electron chi connectivity index (χ4n) is 2.74. The molecule has 6 heteroatoms. The first kappa shape index (κ1) is 17.4. The number of unbranched alkanes of at least 4 members (excludes halogenated alkanes) is 1. The van der Waals surface area contributed by atoms with E-state index in [1.807, 2.05) is 0 Å². The van der Waals surface area contributed by atoms with Crippen LogP contribution in [-0.4, -0.2) is 20.8 Å². The van der Waals surface area contributed by atoms with E-state index in [-0.39, 0.29) is 11.5 Å². The Bertz CT molecular complexity index is 709.